The minimum absolute atomic E-state index is 0.736. The van der Waals surface area contributed by atoms with Gasteiger partial charge in [-0.25, -0.2) is 4.98 Å². The van der Waals surface area contributed by atoms with Crippen molar-refractivity contribution in [3.05, 3.63) is 79.0 Å². The molecule has 1 aliphatic heterocycles. The SMILES string of the molecule is c1cc(-c2ccoc2)c2nc(-c3n[nH]c4ccc(-c5cncc(CN6CCCC6)c5)cc34)[nH]c2c1. The van der Waals surface area contributed by atoms with E-state index in [9.17, 15) is 0 Å². The standard InChI is InChI=1S/C28H24N6O/c1-2-10-34(9-1)16-18-12-21(15-29-14-18)19-6-7-24-23(13-19)27(33-32-24)28-30-25-5-3-4-22(26(25)31-28)20-8-11-35-17-20/h3-8,11-15,17H,1-2,9-10,16H2,(H,30,31)(H,32,33). The van der Waals surface area contributed by atoms with Crippen LogP contribution in [0.2, 0.25) is 0 Å². The molecule has 0 bridgehead atoms. The molecule has 1 saturated heterocycles. The van der Waals surface area contributed by atoms with Gasteiger partial charge in [-0.05, 0) is 67.4 Å². The molecular formula is C28H24N6O. The maximum atomic E-state index is 5.29. The number of benzene rings is 2. The van der Waals surface area contributed by atoms with Crippen molar-refractivity contribution in [2.45, 2.75) is 19.4 Å². The van der Waals surface area contributed by atoms with E-state index in [2.05, 4.69) is 55.4 Å². The van der Waals surface area contributed by atoms with Gasteiger partial charge in [0.15, 0.2) is 5.82 Å². The fraction of sp³-hybridized carbons (Fsp3) is 0.179. The average Bonchev–Trinajstić information content (AvgIpc) is 3.70. The predicted octanol–water partition coefficient (Wildman–Crippen LogP) is 6.02. The van der Waals surface area contributed by atoms with Gasteiger partial charge in [0.25, 0.3) is 0 Å². The van der Waals surface area contributed by atoms with Crippen molar-refractivity contribution in [2.75, 3.05) is 13.1 Å². The molecule has 0 aliphatic carbocycles. The van der Waals surface area contributed by atoms with E-state index >= 15 is 0 Å². The Morgan fingerprint density at radius 2 is 1.86 bits per heavy atom. The minimum atomic E-state index is 0.736. The Bertz CT molecular complexity index is 1640. The molecule has 35 heavy (non-hydrogen) atoms. The van der Waals surface area contributed by atoms with Crippen LogP contribution < -0.4 is 0 Å². The first kappa shape index (κ1) is 20.2. The molecule has 7 nitrogen and oxygen atoms in total. The Balaban J connectivity index is 1.28. The van der Waals surface area contributed by atoms with Gasteiger partial charge < -0.3 is 9.40 Å². The third-order valence-electron chi connectivity index (χ3n) is 6.87. The van der Waals surface area contributed by atoms with Crippen LogP contribution in [0.5, 0.6) is 0 Å². The van der Waals surface area contributed by atoms with Crippen LogP contribution in [0.1, 0.15) is 18.4 Å². The molecule has 1 aliphatic rings. The number of aromatic amines is 2. The first-order valence-electron chi connectivity index (χ1n) is 12.0. The highest BCUT2D eigenvalue weighted by Gasteiger charge is 2.17. The first-order chi connectivity index (χ1) is 17.3. The highest BCUT2D eigenvalue weighted by atomic mass is 16.3. The van der Waals surface area contributed by atoms with Crippen molar-refractivity contribution in [3.63, 3.8) is 0 Å². The fourth-order valence-electron chi connectivity index (χ4n) is 5.10. The predicted molar refractivity (Wildman–Crippen MR) is 137 cm³/mol. The normalized spacial score (nSPS) is 14.4. The average molecular weight is 461 g/mol. The Kier molecular flexibility index (Phi) is 4.73. The second-order valence-electron chi connectivity index (χ2n) is 9.20. The number of H-pyrrole nitrogens is 2. The number of fused-ring (bicyclic) bond motifs is 2. The summed E-state index contributed by atoms with van der Waals surface area (Å²) in [6.07, 6.45) is 9.92. The minimum Gasteiger partial charge on any atom is -0.472 e. The number of pyridine rings is 1. The molecule has 0 saturated carbocycles. The summed E-state index contributed by atoms with van der Waals surface area (Å²) < 4.78 is 5.29. The van der Waals surface area contributed by atoms with Crippen molar-refractivity contribution in [1.29, 1.82) is 0 Å². The summed E-state index contributed by atoms with van der Waals surface area (Å²) in [4.78, 5) is 15.4. The van der Waals surface area contributed by atoms with Gasteiger partial charge in [-0.3, -0.25) is 15.0 Å². The van der Waals surface area contributed by atoms with Crippen LogP contribution in [0.3, 0.4) is 0 Å². The number of furan rings is 1. The van der Waals surface area contributed by atoms with Gasteiger partial charge in [0, 0.05) is 41.0 Å². The van der Waals surface area contributed by atoms with Crippen LogP contribution in [0.15, 0.2) is 77.9 Å². The van der Waals surface area contributed by atoms with E-state index in [1.807, 2.05) is 30.6 Å². The molecule has 0 atom stereocenters. The number of nitrogens with zero attached hydrogens (tertiary/aromatic N) is 4. The summed E-state index contributed by atoms with van der Waals surface area (Å²) in [7, 11) is 0. The lowest BCUT2D eigenvalue weighted by molar-refractivity contribution is 0.331. The number of aromatic nitrogens is 5. The smallest absolute Gasteiger partial charge is 0.159 e. The van der Waals surface area contributed by atoms with E-state index in [4.69, 9.17) is 9.40 Å². The van der Waals surface area contributed by atoms with Crippen molar-refractivity contribution in [2.24, 2.45) is 0 Å². The fourth-order valence-corrected chi connectivity index (χ4v) is 5.10. The lowest BCUT2D eigenvalue weighted by Gasteiger charge is -2.14. The summed E-state index contributed by atoms with van der Waals surface area (Å²) in [6.45, 7) is 3.31. The Morgan fingerprint density at radius 3 is 2.74 bits per heavy atom. The molecule has 2 aromatic carbocycles. The monoisotopic (exact) mass is 460 g/mol. The van der Waals surface area contributed by atoms with Gasteiger partial charge in [-0.1, -0.05) is 18.2 Å². The summed E-state index contributed by atoms with van der Waals surface area (Å²) in [6, 6.07) is 16.7. The van der Waals surface area contributed by atoms with Crippen molar-refractivity contribution in [3.8, 4) is 33.8 Å². The van der Waals surface area contributed by atoms with E-state index in [1.165, 1.54) is 31.5 Å². The van der Waals surface area contributed by atoms with Gasteiger partial charge in [-0.2, -0.15) is 5.10 Å². The molecule has 0 unspecified atom stereocenters. The van der Waals surface area contributed by atoms with E-state index < -0.39 is 0 Å². The van der Waals surface area contributed by atoms with Gasteiger partial charge in [-0.15, -0.1) is 0 Å². The molecule has 0 amide bonds. The van der Waals surface area contributed by atoms with Crippen molar-refractivity contribution >= 4 is 21.9 Å². The molecule has 0 spiro atoms. The van der Waals surface area contributed by atoms with Gasteiger partial charge in [0.05, 0.1) is 29.1 Å². The molecule has 1 fully saturated rings. The molecule has 7 rings (SSSR count). The Hall–Kier alpha value is -4.23. The zero-order chi connectivity index (χ0) is 23.2. The first-order valence-corrected chi connectivity index (χ1v) is 12.0. The molecule has 0 radical (unpaired) electrons. The zero-order valence-electron chi connectivity index (χ0n) is 19.2. The van der Waals surface area contributed by atoms with Crippen molar-refractivity contribution in [1.82, 2.24) is 30.0 Å². The van der Waals surface area contributed by atoms with E-state index in [0.717, 1.165) is 62.3 Å². The molecule has 6 aromatic rings. The maximum absolute atomic E-state index is 5.29. The van der Waals surface area contributed by atoms with Crippen molar-refractivity contribution < 1.29 is 4.42 Å². The maximum Gasteiger partial charge on any atom is 0.159 e. The largest absolute Gasteiger partial charge is 0.472 e. The number of likely N-dealkylation sites (tertiary alicyclic amines) is 1. The summed E-state index contributed by atoms with van der Waals surface area (Å²) in [5.74, 6) is 0.736. The number of rotatable bonds is 5. The Labute approximate surface area is 201 Å². The molecule has 172 valence electrons. The molecule has 4 aromatic heterocycles. The quantitative estimate of drug-likeness (QED) is 0.328. The number of imidazole rings is 1. The van der Waals surface area contributed by atoms with Gasteiger partial charge in [0.1, 0.15) is 5.69 Å². The third kappa shape index (κ3) is 3.61. The van der Waals surface area contributed by atoms with Gasteiger partial charge in [0.2, 0.25) is 0 Å². The van der Waals surface area contributed by atoms with E-state index in [0.29, 0.717) is 0 Å². The number of para-hydroxylation sites is 1. The summed E-state index contributed by atoms with van der Waals surface area (Å²) in [5, 5.41) is 8.80. The van der Waals surface area contributed by atoms with E-state index in [1.54, 1.807) is 12.5 Å². The molecular weight excluding hydrogens is 436 g/mol. The van der Waals surface area contributed by atoms with Crippen LogP contribution in [-0.4, -0.2) is 43.1 Å². The van der Waals surface area contributed by atoms with Crippen LogP contribution in [-0.2, 0) is 6.54 Å². The third-order valence-corrected chi connectivity index (χ3v) is 6.87. The number of hydrogen-bond donors (Lipinski definition) is 2. The second kappa shape index (κ2) is 8.21. The second-order valence-corrected chi connectivity index (χ2v) is 9.20. The van der Waals surface area contributed by atoms with Crippen LogP contribution in [0.25, 0.3) is 55.7 Å². The molecule has 5 heterocycles. The zero-order valence-corrected chi connectivity index (χ0v) is 19.2. The number of hydrogen-bond acceptors (Lipinski definition) is 5. The summed E-state index contributed by atoms with van der Waals surface area (Å²) in [5.41, 5.74) is 9.15. The van der Waals surface area contributed by atoms with Crippen LogP contribution >= 0.6 is 0 Å². The molecule has 7 heteroatoms. The number of nitrogens with one attached hydrogen (secondary N) is 2. The van der Waals surface area contributed by atoms with Gasteiger partial charge >= 0.3 is 0 Å². The van der Waals surface area contributed by atoms with Crippen LogP contribution in [0, 0.1) is 0 Å². The lowest BCUT2D eigenvalue weighted by Crippen LogP contribution is -2.18. The highest BCUT2D eigenvalue weighted by molar-refractivity contribution is 5.98. The highest BCUT2D eigenvalue weighted by Crippen LogP contribution is 2.33. The Morgan fingerprint density at radius 1 is 0.914 bits per heavy atom. The summed E-state index contributed by atoms with van der Waals surface area (Å²) >= 11 is 0. The topological polar surface area (TPSA) is 86.6 Å². The molecule has 2 N–H and O–H groups in total. The van der Waals surface area contributed by atoms with Crippen LogP contribution in [0.4, 0.5) is 0 Å². The lowest BCUT2D eigenvalue weighted by atomic mass is 10.0. The van der Waals surface area contributed by atoms with E-state index in [-0.39, 0.29) is 0 Å².